The summed E-state index contributed by atoms with van der Waals surface area (Å²) in [4.78, 5) is 12.8. The van der Waals surface area contributed by atoms with Gasteiger partial charge in [-0.3, -0.25) is 9.69 Å². The Bertz CT molecular complexity index is 308. The maximum absolute atomic E-state index is 10.4. The first-order chi connectivity index (χ1) is 9.26. The number of hydrogen-bond acceptors (Lipinski definition) is 2. The van der Waals surface area contributed by atoms with Crippen LogP contribution in [0.25, 0.3) is 0 Å². The predicted molar refractivity (Wildman–Crippen MR) is 79.8 cm³/mol. The highest BCUT2D eigenvalue weighted by molar-refractivity contribution is 5.45. The zero-order chi connectivity index (χ0) is 14.0. The number of carbonyl (C=O) groups excluding carboxylic acids is 1. The number of likely N-dealkylation sites (tertiary alicyclic amines) is 1. The van der Waals surface area contributed by atoms with E-state index in [2.05, 4.69) is 35.9 Å². The van der Waals surface area contributed by atoms with Gasteiger partial charge in [-0.1, -0.05) is 26.2 Å². The van der Waals surface area contributed by atoms with E-state index in [1.54, 1.807) is 0 Å². The maximum atomic E-state index is 10.4. The number of carbonyl (C=O) groups is 1. The van der Waals surface area contributed by atoms with Crippen molar-refractivity contribution in [1.82, 2.24) is 10.2 Å². The van der Waals surface area contributed by atoms with Crippen LogP contribution in [0.15, 0.2) is 0 Å². The fourth-order valence-corrected chi connectivity index (χ4v) is 3.03. The van der Waals surface area contributed by atoms with Gasteiger partial charge in [-0.2, -0.15) is 0 Å². The predicted octanol–water partition coefficient (Wildman–Crippen LogP) is 2.42. The summed E-state index contributed by atoms with van der Waals surface area (Å²) in [6.07, 6.45) is 7.89. The van der Waals surface area contributed by atoms with Crippen molar-refractivity contribution in [2.45, 2.75) is 52.4 Å². The monoisotopic (exact) mass is 264 g/mol. The van der Waals surface area contributed by atoms with Crippen LogP contribution in [0.1, 0.15) is 52.4 Å². The number of nitrogens with zero attached hydrogens (tertiary/aromatic N) is 1. The molecule has 1 rings (SSSR count). The maximum Gasteiger partial charge on any atom is 0.207 e. The van der Waals surface area contributed by atoms with Crippen molar-refractivity contribution in [3.63, 3.8) is 0 Å². The first kappa shape index (κ1) is 16.0. The standard InChI is InChI=1S/C16H28N2O/c1-3-5-6-12-18-13-9-16(7-4-2,10-14-18)8-11-17-15-19/h15H,3-4,7-14H2,1-2H3,(H,17,19). The average Bonchev–Trinajstić information content (AvgIpc) is 2.42. The lowest BCUT2D eigenvalue weighted by Crippen LogP contribution is -2.41. The SMILES string of the molecule is CCC#CCN1CCC(CCC)(CCNC=O)CC1. The minimum absolute atomic E-state index is 0.444. The lowest BCUT2D eigenvalue weighted by Gasteiger charge is -2.41. The lowest BCUT2D eigenvalue weighted by molar-refractivity contribution is -0.109. The van der Waals surface area contributed by atoms with E-state index in [4.69, 9.17) is 0 Å². The summed E-state index contributed by atoms with van der Waals surface area (Å²) in [5.74, 6) is 6.38. The normalized spacial score (nSPS) is 18.4. The molecular formula is C16H28N2O. The van der Waals surface area contributed by atoms with E-state index >= 15 is 0 Å². The van der Waals surface area contributed by atoms with Crippen LogP contribution >= 0.6 is 0 Å². The smallest absolute Gasteiger partial charge is 0.207 e. The molecule has 0 spiro atoms. The van der Waals surface area contributed by atoms with Crippen molar-refractivity contribution in [3.05, 3.63) is 0 Å². The highest BCUT2D eigenvalue weighted by Gasteiger charge is 2.32. The molecule has 0 atom stereocenters. The number of nitrogens with one attached hydrogen (secondary N) is 1. The summed E-state index contributed by atoms with van der Waals surface area (Å²) in [5, 5.41) is 2.82. The number of piperidine rings is 1. The summed E-state index contributed by atoms with van der Waals surface area (Å²) in [6.45, 7) is 8.39. The van der Waals surface area contributed by atoms with Gasteiger partial charge in [0, 0.05) is 13.0 Å². The van der Waals surface area contributed by atoms with E-state index in [0.29, 0.717) is 5.41 Å². The summed E-state index contributed by atoms with van der Waals surface area (Å²) in [5.41, 5.74) is 0.444. The lowest BCUT2D eigenvalue weighted by atomic mass is 9.72. The van der Waals surface area contributed by atoms with E-state index in [0.717, 1.165) is 45.4 Å². The fraction of sp³-hybridized carbons (Fsp3) is 0.812. The van der Waals surface area contributed by atoms with Crippen LogP contribution in [-0.2, 0) is 4.79 Å². The van der Waals surface area contributed by atoms with Gasteiger partial charge in [-0.25, -0.2) is 0 Å². The number of amides is 1. The second-order valence-corrected chi connectivity index (χ2v) is 5.56. The van der Waals surface area contributed by atoms with Crippen molar-refractivity contribution in [3.8, 4) is 11.8 Å². The molecule has 1 N–H and O–H groups in total. The summed E-state index contributed by atoms with van der Waals surface area (Å²) < 4.78 is 0. The Hall–Kier alpha value is -1.01. The first-order valence-electron chi connectivity index (χ1n) is 7.61. The minimum atomic E-state index is 0.444. The van der Waals surface area contributed by atoms with Gasteiger partial charge in [-0.05, 0) is 44.2 Å². The Labute approximate surface area is 118 Å². The minimum Gasteiger partial charge on any atom is -0.359 e. The molecule has 0 unspecified atom stereocenters. The molecular weight excluding hydrogens is 236 g/mol. The Morgan fingerprint density at radius 1 is 1.21 bits per heavy atom. The molecule has 3 nitrogen and oxygen atoms in total. The molecule has 1 aliphatic rings. The molecule has 1 amide bonds. The van der Waals surface area contributed by atoms with Crippen molar-refractivity contribution in [2.75, 3.05) is 26.2 Å². The third-order valence-electron chi connectivity index (χ3n) is 4.18. The first-order valence-corrected chi connectivity index (χ1v) is 7.61. The van der Waals surface area contributed by atoms with Gasteiger partial charge in [0.2, 0.25) is 6.41 Å². The van der Waals surface area contributed by atoms with Gasteiger partial charge in [-0.15, -0.1) is 5.92 Å². The third-order valence-corrected chi connectivity index (χ3v) is 4.18. The van der Waals surface area contributed by atoms with E-state index in [1.165, 1.54) is 25.7 Å². The van der Waals surface area contributed by atoms with Crippen LogP contribution in [0, 0.1) is 17.3 Å². The molecule has 0 saturated carbocycles. The fourth-order valence-electron chi connectivity index (χ4n) is 3.03. The zero-order valence-electron chi connectivity index (χ0n) is 12.5. The third kappa shape index (κ3) is 5.65. The van der Waals surface area contributed by atoms with Crippen LogP contribution < -0.4 is 5.32 Å². The molecule has 0 bridgehead atoms. The number of rotatable bonds is 7. The van der Waals surface area contributed by atoms with Gasteiger partial charge < -0.3 is 5.32 Å². The molecule has 3 heteroatoms. The Kier molecular flexibility index (Phi) is 7.59. The van der Waals surface area contributed by atoms with Gasteiger partial charge in [0.15, 0.2) is 0 Å². The number of hydrogen-bond donors (Lipinski definition) is 1. The molecule has 0 radical (unpaired) electrons. The second kappa shape index (κ2) is 8.98. The van der Waals surface area contributed by atoms with E-state index in [9.17, 15) is 4.79 Å². The second-order valence-electron chi connectivity index (χ2n) is 5.56. The molecule has 0 aromatic heterocycles. The largest absolute Gasteiger partial charge is 0.359 e. The van der Waals surface area contributed by atoms with Crippen LogP contribution in [0.4, 0.5) is 0 Å². The van der Waals surface area contributed by atoms with Crippen LogP contribution in [0.3, 0.4) is 0 Å². The highest BCUT2D eigenvalue weighted by Crippen LogP contribution is 2.39. The molecule has 1 fully saturated rings. The van der Waals surface area contributed by atoms with E-state index < -0.39 is 0 Å². The molecule has 1 heterocycles. The molecule has 1 aliphatic heterocycles. The summed E-state index contributed by atoms with van der Waals surface area (Å²) in [6, 6.07) is 0. The van der Waals surface area contributed by atoms with Gasteiger partial charge in [0.1, 0.15) is 0 Å². The van der Waals surface area contributed by atoms with E-state index in [1.807, 2.05) is 0 Å². The topological polar surface area (TPSA) is 32.3 Å². The van der Waals surface area contributed by atoms with Crippen molar-refractivity contribution < 1.29 is 4.79 Å². The van der Waals surface area contributed by atoms with Crippen molar-refractivity contribution in [2.24, 2.45) is 5.41 Å². The average molecular weight is 264 g/mol. The molecule has 108 valence electrons. The molecule has 0 aromatic rings. The Morgan fingerprint density at radius 3 is 2.53 bits per heavy atom. The zero-order valence-corrected chi connectivity index (χ0v) is 12.5. The molecule has 0 aromatic carbocycles. The molecule has 19 heavy (non-hydrogen) atoms. The van der Waals surface area contributed by atoms with Gasteiger partial charge in [0.05, 0.1) is 6.54 Å². The van der Waals surface area contributed by atoms with Gasteiger partial charge >= 0.3 is 0 Å². The Morgan fingerprint density at radius 2 is 1.95 bits per heavy atom. The van der Waals surface area contributed by atoms with Crippen molar-refractivity contribution >= 4 is 6.41 Å². The van der Waals surface area contributed by atoms with Crippen molar-refractivity contribution in [1.29, 1.82) is 0 Å². The molecule has 0 aliphatic carbocycles. The van der Waals surface area contributed by atoms with Gasteiger partial charge in [0.25, 0.3) is 0 Å². The van der Waals surface area contributed by atoms with E-state index in [-0.39, 0.29) is 0 Å². The summed E-state index contributed by atoms with van der Waals surface area (Å²) >= 11 is 0. The quantitative estimate of drug-likeness (QED) is 0.435. The van der Waals surface area contributed by atoms with Crippen LogP contribution in [0.2, 0.25) is 0 Å². The van der Waals surface area contributed by atoms with Crippen LogP contribution in [-0.4, -0.2) is 37.5 Å². The highest BCUT2D eigenvalue weighted by atomic mass is 16.1. The van der Waals surface area contributed by atoms with Crippen LogP contribution in [0.5, 0.6) is 0 Å². The Balaban J connectivity index is 2.42. The summed E-state index contributed by atoms with van der Waals surface area (Å²) in [7, 11) is 0. The molecule has 1 saturated heterocycles.